The molecular weight excluding hydrogens is 542 g/mol. The molecule has 0 bridgehead atoms. The summed E-state index contributed by atoms with van der Waals surface area (Å²) in [6.45, 7) is 3.14. The number of ether oxygens (including phenoxy) is 2. The number of carbonyl (C=O) groups excluding carboxylic acids is 3. The van der Waals surface area contributed by atoms with Crippen LogP contribution in [0.3, 0.4) is 0 Å². The molecule has 12 heteroatoms. The third-order valence-electron chi connectivity index (χ3n) is 6.56. The van der Waals surface area contributed by atoms with Crippen LogP contribution in [-0.4, -0.2) is 87.6 Å². The van der Waals surface area contributed by atoms with Crippen molar-refractivity contribution in [2.75, 3.05) is 32.8 Å². The van der Waals surface area contributed by atoms with Crippen molar-refractivity contribution in [3.8, 4) is 17.3 Å². The number of rotatable bonds is 11. The van der Waals surface area contributed by atoms with E-state index in [0.717, 1.165) is 5.56 Å². The van der Waals surface area contributed by atoms with Crippen LogP contribution < -0.4 is 10.1 Å². The number of amides is 3. The van der Waals surface area contributed by atoms with Crippen LogP contribution in [0.5, 0.6) is 5.88 Å². The Kier molecular flexibility index (Phi) is 10.4. The summed E-state index contributed by atoms with van der Waals surface area (Å²) in [5.74, 6) is -1.78. The molecule has 1 aliphatic heterocycles. The van der Waals surface area contributed by atoms with E-state index in [1.54, 1.807) is 19.1 Å². The molecule has 0 aliphatic carbocycles. The van der Waals surface area contributed by atoms with Gasteiger partial charge < -0.3 is 29.7 Å². The fraction of sp³-hybridized carbons (Fsp3) is 0.333. The first-order chi connectivity index (χ1) is 20.3. The maximum Gasteiger partial charge on any atom is 0.409 e. The summed E-state index contributed by atoms with van der Waals surface area (Å²) in [6.07, 6.45) is -0.903. The van der Waals surface area contributed by atoms with Gasteiger partial charge in [-0.3, -0.25) is 14.4 Å². The third kappa shape index (κ3) is 8.26. The van der Waals surface area contributed by atoms with Gasteiger partial charge in [0.2, 0.25) is 11.8 Å². The lowest BCUT2D eigenvalue weighted by Gasteiger charge is -2.35. The lowest BCUT2D eigenvalue weighted by molar-refractivity contribution is -0.138. The van der Waals surface area contributed by atoms with E-state index >= 15 is 0 Å². The van der Waals surface area contributed by atoms with Gasteiger partial charge in [0.15, 0.2) is 5.82 Å². The summed E-state index contributed by atoms with van der Waals surface area (Å²) < 4.78 is 10.9. The van der Waals surface area contributed by atoms with Crippen LogP contribution in [0, 0.1) is 0 Å². The predicted molar refractivity (Wildman–Crippen MR) is 152 cm³/mol. The standard InChI is InChI=1S/C30H33N5O7/c1-2-41-30(40)35-17-15-34(16-18-35)29(39)23(13-14-26(36)37)32-28(38)24-19-25(42-20-21-9-5-3-6-10-21)33-27(31-24)22-11-7-4-8-12-22/h3-12,19,23H,2,13-18,20H2,1H3,(H,32,38)(H,36,37)/t23-/m0/s1. The predicted octanol–water partition coefficient (Wildman–Crippen LogP) is 2.99. The van der Waals surface area contributed by atoms with Crippen LogP contribution in [0.2, 0.25) is 0 Å². The zero-order valence-corrected chi connectivity index (χ0v) is 23.3. The molecule has 1 aliphatic rings. The molecule has 220 valence electrons. The number of carboxylic acids is 1. The number of hydrogen-bond donors (Lipinski definition) is 2. The Morgan fingerprint density at radius 3 is 2.21 bits per heavy atom. The van der Waals surface area contributed by atoms with Crippen molar-refractivity contribution in [2.45, 2.75) is 32.4 Å². The normalized spacial score (nSPS) is 13.6. The first-order valence-corrected chi connectivity index (χ1v) is 13.7. The fourth-order valence-corrected chi connectivity index (χ4v) is 4.37. The van der Waals surface area contributed by atoms with E-state index in [0.29, 0.717) is 5.56 Å². The number of benzene rings is 2. The average Bonchev–Trinajstić information content (AvgIpc) is 3.02. The second kappa shape index (κ2) is 14.6. The number of carbonyl (C=O) groups is 4. The first kappa shape index (κ1) is 30.0. The van der Waals surface area contributed by atoms with Crippen LogP contribution in [0.1, 0.15) is 35.8 Å². The van der Waals surface area contributed by atoms with Gasteiger partial charge in [0.25, 0.3) is 5.91 Å². The van der Waals surface area contributed by atoms with Crippen molar-refractivity contribution in [3.05, 3.63) is 78.0 Å². The van der Waals surface area contributed by atoms with Crippen molar-refractivity contribution in [1.82, 2.24) is 25.1 Å². The largest absolute Gasteiger partial charge is 0.481 e. The minimum atomic E-state index is -1.12. The second-order valence-corrected chi connectivity index (χ2v) is 9.53. The summed E-state index contributed by atoms with van der Waals surface area (Å²) in [6, 6.07) is 18.8. The number of aliphatic carboxylic acids is 1. The van der Waals surface area contributed by atoms with Crippen LogP contribution in [0.15, 0.2) is 66.7 Å². The quantitative estimate of drug-likeness (QED) is 0.352. The monoisotopic (exact) mass is 575 g/mol. The molecule has 4 rings (SSSR count). The average molecular weight is 576 g/mol. The van der Waals surface area contributed by atoms with E-state index in [9.17, 15) is 24.3 Å². The fourth-order valence-electron chi connectivity index (χ4n) is 4.37. The Bertz CT molecular complexity index is 1380. The van der Waals surface area contributed by atoms with Crippen LogP contribution in [0.4, 0.5) is 4.79 Å². The van der Waals surface area contributed by atoms with Gasteiger partial charge in [-0.2, -0.15) is 4.98 Å². The van der Waals surface area contributed by atoms with E-state index < -0.39 is 29.9 Å². The van der Waals surface area contributed by atoms with E-state index in [2.05, 4.69) is 15.3 Å². The van der Waals surface area contributed by atoms with Gasteiger partial charge >= 0.3 is 12.1 Å². The van der Waals surface area contributed by atoms with Crippen molar-refractivity contribution < 1.29 is 33.8 Å². The Morgan fingerprint density at radius 2 is 1.57 bits per heavy atom. The Balaban J connectivity index is 1.53. The van der Waals surface area contributed by atoms with Crippen molar-refractivity contribution in [1.29, 1.82) is 0 Å². The highest BCUT2D eigenvalue weighted by atomic mass is 16.6. The number of piperazine rings is 1. The minimum Gasteiger partial charge on any atom is -0.481 e. The van der Waals surface area contributed by atoms with Gasteiger partial charge in [-0.25, -0.2) is 9.78 Å². The third-order valence-corrected chi connectivity index (χ3v) is 6.56. The molecule has 0 unspecified atom stereocenters. The summed E-state index contributed by atoms with van der Waals surface area (Å²) in [5.41, 5.74) is 1.53. The molecule has 1 saturated heterocycles. The van der Waals surface area contributed by atoms with Crippen molar-refractivity contribution >= 4 is 23.9 Å². The number of hydrogen-bond acceptors (Lipinski definition) is 8. The highest BCUT2D eigenvalue weighted by molar-refractivity contribution is 5.96. The second-order valence-electron chi connectivity index (χ2n) is 9.53. The van der Waals surface area contributed by atoms with Gasteiger partial charge in [0.1, 0.15) is 18.3 Å². The van der Waals surface area contributed by atoms with Gasteiger partial charge in [-0.15, -0.1) is 0 Å². The number of nitrogens with zero attached hydrogens (tertiary/aromatic N) is 4. The molecule has 2 heterocycles. The lowest BCUT2D eigenvalue weighted by atomic mass is 10.1. The molecule has 12 nitrogen and oxygen atoms in total. The number of carboxylic acid groups (broad SMARTS) is 1. The molecule has 42 heavy (non-hydrogen) atoms. The smallest absolute Gasteiger partial charge is 0.409 e. The van der Waals surface area contributed by atoms with Crippen LogP contribution in [-0.2, 0) is 20.9 Å². The molecular formula is C30H33N5O7. The highest BCUT2D eigenvalue weighted by Gasteiger charge is 2.31. The van der Waals surface area contributed by atoms with Gasteiger partial charge in [-0.05, 0) is 18.9 Å². The zero-order valence-electron chi connectivity index (χ0n) is 23.3. The molecule has 1 aromatic heterocycles. The zero-order chi connectivity index (χ0) is 29.9. The Hall–Kier alpha value is -5.00. The summed E-state index contributed by atoms with van der Waals surface area (Å²) in [5, 5.41) is 11.9. The molecule has 0 radical (unpaired) electrons. The summed E-state index contributed by atoms with van der Waals surface area (Å²) in [4.78, 5) is 62.2. The number of nitrogens with one attached hydrogen (secondary N) is 1. The SMILES string of the molecule is CCOC(=O)N1CCN(C(=O)[C@H](CCC(=O)O)NC(=O)c2cc(OCc3ccccc3)nc(-c3ccccc3)n2)CC1. The molecule has 0 saturated carbocycles. The van der Waals surface area contributed by atoms with Crippen molar-refractivity contribution in [3.63, 3.8) is 0 Å². The maximum absolute atomic E-state index is 13.5. The molecule has 1 atom stereocenters. The topological polar surface area (TPSA) is 151 Å². The summed E-state index contributed by atoms with van der Waals surface area (Å²) >= 11 is 0. The molecule has 2 N–H and O–H groups in total. The van der Waals surface area contributed by atoms with E-state index in [1.165, 1.54) is 15.9 Å². The van der Waals surface area contributed by atoms with E-state index in [1.807, 2.05) is 48.5 Å². The lowest BCUT2D eigenvalue weighted by Crippen LogP contribution is -2.56. The van der Waals surface area contributed by atoms with E-state index in [4.69, 9.17) is 9.47 Å². The maximum atomic E-state index is 13.5. The molecule has 3 amide bonds. The van der Waals surface area contributed by atoms with Crippen LogP contribution in [0.25, 0.3) is 11.4 Å². The van der Waals surface area contributed by atoms with Gasteiger partial charge in [-0.1, -0.05) is 60.7 Å². The number of aromatic nitrogens is 2. The molecule has 0 spiro atoms. The van der Waals surface area contributed by atoms with Gasteiger partial charge in [0, 0.05) is 44.2 Å². The van der Waals surface area contributed by atoms with Crippen molar-refractivity contribution in [2.24, 2.45) is 0 Å². The van der Waals surface area contributed by atoms with Gasteiger partial charge in [0.05, 0.1) is 6.61 Å². The minimum absolute atomic E-state index is 0.0350. The van der Waals surface area contributed by atoms with E-state index in [-0.39, 0.29) is 69.6 Å². The Morgan fingerprint density at radius 1 is 0.929 bits per heavy atom. The Labute approximate surface area is 243 Å². The molecule has 3 aromatic rings. The summed E-state index contributed by atoms with van der Waals surface area (Å²) in [7, 11) is 0. The molecule has 1 fully saturated rings. The first-order valence-electron chi connectivity index (χ1n) is 13.7. The van der Waals surface area contributed by atoms with Crippen LogP contribution >= 0.6 is 0 Å². The highest BCUT2D eigenvalue weighted by Crippen LogP contribution is 2.20. The molecule has 2 aromatic carbocycles.